The lowest BCUT2D eigenvalue weighted by Crippen LogP contribution is -2.60. The lowest BCUT2D eigenvalue weighted by molar-refractivity contribution is -0.151. The number of rotatable bonds is 3. The summed E-state index contributed by atoms with van der Waals surface area (Å²) in [5.74, 6) is 0.200. The van der Waals surface area contributed by atoms with E-state index in [4.69, 9.17) is 4.74 Å². The van der Waals surface area contributed by atoms with E-state index in [1.165, 1.54) is 0 Å². The van der Waals surface area contributed by atoms with Gasteiger partial charge in [-0.1, -0.05) is 6.92 Å². The van der Waals surface area contributed by atoms with E-state index in [1.54, 1.807) is 10.9 Å². The Balaban J connectivity index is 1.65. The minimum absolute atomic E-state index is 0.172. The van der Waals surface area contributed by atoms with Crippen molar-refractivity contribution in [3.05, 3.63) is 18.0 Å². The minimum atomic E-state index is 0.172. The van der Waals surface area contributed by atoms with Gasteiger partial charge >= 0.3 is 0 Å². The lowest BCUT2D eigenvalue weighted by atomic mass is 9.97. The second-order valence-corrected chi connectivity index (χ2v) is 5.94. The van der Waals surface area contributed by atoms with Gasteiger partial charge in [-0.2, -0.15) is 5.10 Å². The molecule has 21 heavy (non-hydrogen) atoms. The van der Waals surface area contributed by atoms with Gasteiger partial charge in [0.25, 0.3) is 0 Å². The topological polar surface area (TPSA) is 50.6 Å². The van der Waals surface area contributed by atoms with Gasteiger partial charge in [-0.05, 0) is 18.5 Å². The van der Waals surface area contributed by atoms with E-state index in [1.807, 2.05) is 18.1 Å². The molecule has 2 unspecified atom stereocenters. The molecule has 1 aromatic heterocycles. The van der Waals surface area contributed by atoms with Crippen molar-refractivity contribution >= 4 is 5.91 Å². The number of fused-ring (bicyclic) bond motifs is 1. The van der Waals surface area contributed by atoms with E-state index in [9.17, 15) is 4.79 Å². The number of carbonyl (C=O) groups is 1. The van der Waals surface area contributed by atoms with Crippen molar-refractivity contribution in [2.75, 3.05) is 32.8 Å². The fourth-order valence-electron chi connectivity index (χ4n) is 3.39. The van der Waals surface area contributed by atoms with Gasteiger partial charge in [0, 0.05) is 32.9 Å². The zero-order valence-corrected chi connectivity index (χ0v) is 12.9. The Hall–Kier alpha value is -1.40. The van der Waals surface area contributed by atoms with Crippen LogP contribution in [0.3, 0.4) is 0 Å². The maximum absolute atomic E-state index is 12.6. The van der Waals surface area contributed by atoms with Gasteiger partial charge in [0.1, 0.15) is 0 Å². The van der Waals surface area contributed by atoms with Gasteiger partial charge in [-0.15, -0.1) is 0 Å². The molecule has 0 radical (unpaired) electrons. The molecule has 0 bridgehead atoms. The third kappa shape index (κ3) is 3.11. The highest BCUT2D eigenvalue weighted by atomic mass is 16.5. The maximum Gasteiger partial charge on any atom is 0.227 e. The molecule has 6 nitrogen and oxygen atoms in total. The number of aromatic nitrogens is 2. The molecule has 3 heterocycles. The first kappa shape index (κ1) is 14.5. The van der Waals surface area contributed by atoms with Gasteiger partial charge in [-0.3, -0.25) is 9.48 Å². The van der Waals surface area contributed by atoms with E-state index < -0.39 is 0 Å². The smallest absolute Gasteiger partial charge is 0.227 e. The number of morpholine rings is 1. The standard InChI is InChI=1S/C15H24N4O2/c1-3-18-5-4-13-14(11-18)21-7-6-19(13)15(20)8-12-9-16-17(2)10-12/h9-10,13-14H,3-8,11H2,1-2H3. The minimum Gasteiger partial charge on any atom is -0.373 e. The molecule has 2 saturated heterocycles. The number of amides is 1. The highest BCUT2D eigenvalue weighted by Gasteiger charge is 2.38. The van der Waals surface area contributed by atoms with Crippen LogP contribution in [-0.2, 0) is 23.0 Å². The molecular formula is C15H24N4O2. The molecule has 1 aromatic rings. The molecule has 0 aliphatic carbocycles. The first-order chi connectivity index (χ1) is 10.2. The number of nitrogens with zero attached hydrogens (tertiary/aromatic N) is 4. The van der Waals surface area contributed by atoms with Crippen molar-refractivity contribution in [1.82, 2.24) is 19.6 Å². The molecule has 3 rings (SSSR count). The molecule has 2 aliphatic heterocycles. The Bertz CT molecular complexity index is 502. The van der Waals surface area contributed by atoms with E-state index in [0.717, 1.165) is 31.6 Å². The molecule has 2 aliphatic rings. The summed E-state index contributed by atoms with van der Waals surface area (Å²) in [5.41, 5.74) is 0.983. The Labute approximate surface area is 125 Å². The molecule has 2 fully saturated rings. The summed E-state index contributed by atoms with van der Waals surface area (Å²) in [6, 6.07) is 0.241. The highest BCUT2D eigenvalue weighted by Crippen LogP contribution is 2.23. The van der Waals surface area contributed by atoms with Crippen LogP contribution in [0.15, 0.2) is 12.4 Å². The third-order valence-electron chi connectivity index (χ3n) is 4.55. The van der Waals surface area contributed by atoms with Crippen LogP contribution in [0.25, 0.3) is 0 Å². The number of piperidine rings is 1. The summed E-state index contributed by atoms with van der Waals surface area (Å²) in [6.07, 6.45) is 5.31. The van der Waals surface area contributed by atoms with Gasteiger partial charge < -0.3 is 14.5 Å². The zero-order valence-electron chi connectivity index (χ0n) is 12.9. The Morgan fingerprint density at radius 3 is 3.05 bits per heavy atom. The number of likely N-dealkylation sites (N-methyl/N-ethyl adjacent to an activating group) is 1. The normalized spacial score (nSPS) is 26.7. The second-order valence-electron chi connectivity index (χ2n) is 5.94. The summed E-state index contributed by atoms with van der Waals surface area (Å²) < 4.78 is 7.64. The Kier molecular flexibility index (Phi) is 4.26. The monoisotopic (exact) mass is 292 g/mol. The molecule has 0 aromatic carbocycles. The molecule has 1 amide bonds. The number of likely N-dealkylation sites (tertiary alicyclic amines) is 1. The summed E-state index contributed by atoms with van der Waals surface area (Å²) in [5, 5.41) is 4.13. The van der Waals surface area contributed by atoms with Crippen LogP contribution in [-0.4, -0.2) is 70.4 Å². The van der Waals surface area contributed by atoms with Crippen LogP contribution in [0.1, 0.15) is 18.9 Å². The van der Waals surface area contributed by atoms with Gasteiger partial charge in [0.2, 0.25) is 5.91 Å². The van der Waals surface area contributed by atoms with Crippen LogP contribution in [0.2, 0.25) is 0 Å². The first-order valence-corrected chi connectivity index (χ1v) is 7.78. The van der Waals surface area contributed by atoms with Crippen LogP contribution in [0.4, 0.5) is 0 Å². The van der Waals surface area contributed by atoms with Crippen molar-refractivity contribution < 1.29 is 9.53 Å². The maximum atomic E-state index is 12.6. The third-order valence-corrected chi connectivity index (χ3v) is 4.55. The number of aryl methyl sites for hydroxylation is 1. The number of hydrogen-bond acceptors (Lipinski definition) is 4. The zero-order chi connectivity index (χ0) is 14.8. The molecular weight excluding hydrogens is 268 g/mol. The molecule has 0 N–H and O–H groups in total. The summed E-state index contributed by atoms with van der Waals surface area (Å²) in [7, 11) is 1.87. The summed E-state index contributed by atoms with van der Waals surface area (Å²) in [4.78, 5) is 17.0. The van der Waals surface area contributed by atoms with Crippen LogP contribution in [0.5, 0.6) is 0 Å². The molecule has 0 saturated carbocycles. The van der Waals surface area contributed by atoms with Gasteiger partial charge in [-0.25, -0.2) is 0 Å². The lowest BCUT2D eigenvalue weighted by Gasteiger charge is -2.46. The Morgan fingerprint density at radius 2 is 2.33 bits per heavy atom. The van der Waals surface area contributed by atoms with Gasteiger partial charge in [0.15, 0.2) is 0 Å². The molecule has 0 spiro atoms. The molecule has 116 valence electrons. The van der Waals surface area contributed by atoms with Gasteiger partial charge in [0.05, 0.1) is 31.4 Å². The second kappa shape index (κ2) is 6.15. The average molecular weight is 292 g/mol. The predicted molar refractivity (Wildman–Crippen MR) is 78.9 cm³/mol. The molecule has 2 atom stereocenters. The van der Waals surface area contributed by atoms with E-state index >= 15 is 0 Å². The Morgan fingerprint density at radius 1 is 1.48 bits per heavy atom. The fraction of sp³-hybridized carbons (Fsp3) is 0.733. The van der Waals surface area contributed by atoms with Crippen molar-refractivity contribution in [2.24, 2.45) is 7.05 Å². The van der Waals surface area contributed by atoms with Crippen LogP contribution >= 0.6 is 0 Å². The number of carbonyl (C=O) groups excluding carboxylic acids is 1. The number of hydrogen-bond donors (Lipinski definition) is 0. The quantitative estimate of drug-likeness (QED) is 0.803. The van der Waals surface area contributed by atoms with Crippen molar-refractivity contribution in [3.63, 3.8) is 0 Å². The van der Waals surface area contributed by atoms with E-state index in [2.05, 4.69) is 16.9 Å². The average Bonchev–Trinajstić information content (AvgIpc) is 2.91. The summed E-state index contributed by atoms with van der Waals surface area (Å²) in [6.45, 7) is 6.59. The SMILES string of the molecule is CCN1CCC2C(C1)OCCN2C(=O)Cc1cnn(C)c1. The van der Waals surface area contributed by atoms with Crippen molar-refractivity contribution in [1.29, 1.82) is 0 Å². The number of ether oxygens (including phenoxy) is 1. The van der Waals surface area contributed by atoms with Crippen LogP contribution < -0.4 is 0 Å². The fourth-order valence-corrected chi connectivity index (χ4v) is 3.39. The largest absolute Gasteiger partial charge is 0.373 e. The summed E-state index contributed by atoms with van der Waals surface area (Å²) >= 11 is 0. The van der Waals surface area contributed by atoms with E-state index in [-0.39, 0.29) is 18.1 Å². The highest BCUT2D eigenvalue weighted by molar-refractivity contribution is 5.79. The van der Waals surface area contributed by atoms with Crippen LogP contribution in [0, 0.1) is 0 Å². The first-order valence-electron chi connectivity index (χ1n) is 7.78. The molecule has 6 heteroatoms. The predicted octanol–water partition coefficient (Wildman–Crippen LogP) is 0.284. The van der Waals surface area contributed by atoms with Crippen molar-refractivity contribution in [2.45, 2.75) is 31.9 Å². The van der Waals surface area contributed by atoms with E-state index in [0.29, 0.717) is 19.6 Å². The van der Waals surface area contributed by atoms with Crippen molar-refractivity contribution in [3.8, 4) is 0 Å².